The van der Waals surface area contributed by atoms with Gasteiger partial charge in [-0.25, -0.2) is 0 Å². The molecule has 0 bridgehead atoms. The quantitative estimate of drug-likeness (QED) is 0.255. The highest BCUT2D eigenvalue weighted by Gasteiger charge is 2.19. The Balaban J connectivity index is 0. The lowest BCUT2D eigenvalue weighted by Crippen LogP contribution is -2.07. The Morgan fingerprint density at radius 1 is 0.800 bits per heavy atom. The SMILES string of the molecule is CC(=O)O.CC(C(=O)O)c1ccc(O)c([N+](=O)[O-])c1.CC(C(=O)O)c1ccc(O)cc1.O=[N+]([O-])O. The van der Waals surface area contributed by atoms with Crippen molar-refractivity contribution >= 4 is 23.6 Å². The summed E-state index contributed by atoms with van der Waals surface area (Å²) in [6, 6.07) is 9.70. The van der Waals surface area contributed by atoms with Crippen molar-refractivity contribution in [2.75, 3.05) is 0 Å². The molecule has 0 spiro atoms. The summed E-state index contributed by atoms with van der Waals surface area (Å²) < 4.78 is 0. The number of hydrogen-bond donors (Lipinski definition) is 6. The molecule has 15 nitrogen and oxygen atoms in total. The van der Waals surface area contributed by atoms with Crippen molar-refractivity contribution in [3.05, 3.63) is 73.8 Å². The number of benzene rings is 2. The summed E-state index contributed by atoms with van der Waals surface area (Å²) in [5.41, 5.74) is 0.493. The first-order valence-corrected chi connectivity index (χ1v) is 9.25. The zero-order valence-corrected chi connectivity index (χ0v) is 18.6. The normalized spacial score (nSPS) is 10.8. The summed E-state index contributed by atoms with van der Waals surface area (Å²) in [5.74, 6) is -4.46. The molecule has 0 heterocycles. The predicted octanol–water partition coefficient (Wildman–Crippen LogP) is 2.81. The van der Waals surface area contributed by atoms with Gasteiger partial charge in [0.25, 0.3) is 11.1 Å². The van der Waals surface area contributed by atoms with E-state index in [1.54, 1.807) is 19.1 Å². The molecule has 0 fully saturated rings. The van der Waals surface area contributed by atoms with Crippen molar-refractivity contribution in [2.45, 2.75) is 32.6 Å². The molecular weight excluding hydrogens is 476 g/mol. The summed E-state index contributed by atoms with van der Waals surface area (Å²) in [7, 11) is 0. The van der Waals surface area contributed by atoms with E-state index in [4.69, 9.17) is 45.6 Å². The van der Waals surface area contributed by atoms with Crippen LogP contribution in [0.25, 0.3) is 0 Å². The topological polar surface area (TPSA) is 259 Å². The van der Waals surface area contributed by atoms with Crippen LogP contribution in [0, 0.1) is 20.2 Å². The minimum absolute atomic E-state index is 0.149. The predicted molar refractivity (Wildman–Crippen MR) is 117 cm³/mol. The number of aromatic hydroxyl groups is 2. The van der Waals surface area contributed by atoms with Crippen molar-refractivity contribution < 1.29 is 55.1 Å². The lowest BCUT2D eigenvalue weighted by molar-refractivity contribution is -0.742. The first-order chi connectivity index (χ1) is 16.0. The highest BCUT2D eigenvalue weighted by atomic mass is 16.9. The molecule has 192 valence electrons. The number of hydrogen-bond acceptors (Lipinski definition) is 9. The van der Waals surface area contributed by atoms with Gasteiger partial charge in [0, 0.05) is 13.0 Å². The number of nitro groups is 1. The fourth-order valence-corrected chi connectivity index (χ4v) is 2.00. The Labute approximate surface area is 197 Å². The van der Waals surface area contributed by atoms with E-state index in [1.807, 2.05) is 0 Å². The first-order valence-electron chi connectivity index (χ1n) is 9.25. The van der Waals surface area contributed by atoms with Gasteiger partial charge in [0.15, 0.2) is 5.75 Å². The van der Waals surface area contributed by atoms with Crippen LogP contribution in [0.15, 0.2) is 42.5 Å². The van der Waals surface area contributed by atoms with Gasteiger partial charge < -0.3 is 30.7 Å². The molecule has 0 aliphatic rings. The van der Waals surface area contributed by atoms with Crippen molar-refractivity contribution in [2.24, 2.45) is 0 Å². The molecule has 15 heteroatoms. The Bertz CT molecular complexity index is 1000. The average molecular weight is 500 g/mol. The van der Waals surface area contributed by atoms with Crippen molar-refractivity contribution in [1.82, 2.24) is 0 Å². The van der Waals surface area contributed by atoms with Crippen molar-refractivity contribution in [1.29, 1.82) is 0 Å². The zero-order valence-electron chi connectivity index (χ0n) is 18.6. The van der Waals surface area contributed by atoms with Crippen molar-refractivity contribution in [3.8, 4) is 11.5 Å². The summed E-state index contributed by atoms with van der Waals surface area (Å²) >= 11 is 0. The van der Waals surface area contributed by atoms with Crippen LogP contribution >= 0.6 is 0 Å². The lowest BCUT2D eigenvalue weighted by Gasteiger charge is -2.06. The van der Waals surface area contributed by atoms with E-state index < -0.39 is 51.2 Å². The second-order valence-corrected chi connectivity index (χ2v) is 6.47. The number of nitrogens with zero attached hydrogens (tertiary/aromatic N) is 2. The van der Waals surface area contributed by atoms with Crippen LogP contribution in [0.4, 0.5) is 5.69 Å². The molecule has 0 aliphatic carbocycles. The lowest BCUT2D eigenvalue weighted by atomic mass is 10.0. The third-order valence-corrected chi connectivity index (χ3v) is 3.83. The minimum atomic E-state index is -1.50. The highest BCUT2D eigenvalue weighted by molar-refractivity contribution is 5.76. The van der Waals surface area contributed by atoms with Gasteiger partial charge in [-0.1, -0.05) is 18.2 Å². The van der Waals surface area contributed by atoms with Gasteiger partial charge in [-0.15, -0.1) is 10.1 Å². The number of aliphatic carboxylic acids is 3. The largest absolute Gasteiger partial charge is 0.508 e. The van der Waals surface area contributed by atoms with Crippen LogP contribution in [0.2, 0.25) is 0 Å². The summed E-state index contributed by atoms with van der Waals surface area (Å²) in [6.45, 7) is 4.10. The highest BCUT2D eigenvalue weighted by Crippen LogP contribution is 2.29. The second kappa shape index (κ2) is 15.8. The van der Waals surface area contributed by atoms with Crippen LogP contribution in [0.1, 0.15) is 43.7 Å². The number of phenols is 2. The minimum Gasteiger partial charge on any atom is -0.508 e. The Hall–Kier alpha value is -4.95. The molecule has 0 saturated carbocycles. The molecule has 0 amide bonds. The maximum Gasteiger partial charge on any atom is 0.310 e. The molecule has 2 rings (SSSR count). The monoisotopic (exact) mass is 500 g/mol. The smallest absolute Gasteiger partial charge is 0.310 e. The number of carboxylic acid groups (broad SMARTS) is 3. The Morgan fingerprint density at radius 2 is 1.14 bits per heavy atom. The molecular formula is C20H24N2O13. The molecule has 2 unspecified atom stereocenters. The Kier molecular flexibility index (Phi) is 14.5. The second-order valence-electron chi connectivity index (χ2n) is 6.47. The van der Waals surface area contributed by atoms with Gasteiger partial charge in [0.05, 0.1) is 16.8 Å². The molecule has 2 aromatic carbocycles. The van der Waals surface area contributed by atoms with Gasteiger partial charge in [0.2, 0.25) is 0 Å². The molecule has 2 atom stereocenters. The molecule has 0 radical (unpaired) electrons. The number of nitro benzene ring substituents is 1. The fraction of sp³-hybridized carbons (Fsp3) is 0.250. The number of carboxylic acids is 3. The number of rotatable bonds is 5. The first kappa shape index (κ1) is 32.2. The van der Waals surface area contributed by atoms with Crippen molar-refractivity contribution in [3.63, 3.8) is 0 Å². The Morgan fingerprint density at radius 3 is 1.49 bits per heavy atom. The van der Waals surface area contributed by atoms with E-state index in [0.717, 1.165) is 19.1 Å². The van der Waals surface area contributed by atoms with E-state index >= 15 is 0 Å². The summed E-state index contributed by atoms with van der Waals surface area (Å²) in [6.07, 6.45) is 0. The standard InChI is InChI=1S/C9H9NO5.C9H10O3.C2H4O2.HNO3/c1-5(9(12)13)6-2-3-8(11)7(4-6)10(14)15;1-6(9(11)12)7-2-4-8(10)5-3-7;1-2(3)4;2-1(3)4/h2-5,11H,1H3,(H,12,13);2-6,10H,1H3,(H,11,12);1H3,(H,3,4);(H,2,3,4). The van der Waals surface area contributed by atoms with Gasteiger partial charge in [-0.05, 0) is 43.2 Å². The van der Waals surface area contributed by atoms with Crippen LogP contribution < -0.4 is 0 Å². The zero-order chi connectivity index (χ0) is 27.9. The molecule has 0 aliphatic heterocycles. The van der Waals surface area contributed by atoms with Gasteiger partial charge >= 0.3 is 17.6 Å². The van der Waals surface area contributed by atoms with E-state index in [2.05, 4.69) is 0 Å². The third-order valence-electron chi connectivity index (χ3n) is 3.83. The van der Waals surface area contributed by atoms with Crippen LogP contribution in [0.5, 0.6) is 11.5 Å². The van der Waals surface area contributed by atoms with Crippen LogP contribution in [-0.4, -0.2) is 58.7 Å². The molecule has 0 aromatic heterocycles. The van der Waals surface area contributed by atoms with Crippen LogP contribution in [-0.2, 0) is 14.4 Å². The summed E-state index contributed by atoms with van der Waals surface area (Å²) in [5, 5.41) is 66.9. The molecule has 0 saturated heterocycles. The molecule has 2 aromatic rings. The van der Waals surface area contributed by atoms with E-state index in [0.29, 0.717) is 5.56 Å². The van der Waals surface area contributed by atoms with Gasteiger partial charge in [-0.2, -0.15) is 0 Å². The maximum absolute atomic E-state index is 10.6. The van der Waals surface area contributed by atoms with Gasteiger partial charge in [-0.3, -0.25) is 24.5 Å². The maximum atomic E-state index is 10.6. The third kappa shape index (κ3) is 14.7. The van der Waals surface area contributed by atoms with Crippen LogP contribution in [0.3, 0.4) is 0 Å². The van der Waals surface area contributed by atoms with E-state index in [1.165, 1.54) is 25.1 Å². The number of phenolic OH excluding ortho intramolecular Hbond substituents is 2. The van der Waals surface area contributed by atoms with Gasteiger partial charge in [0.1, 0.15) is 5.75 Å². The van der Waals surface area contributed by atoms with E-state index in [9.17, 15) is 19.7 Å². The molecule has 35 heavy (non-hydrogen) atoms. The van der Waals surface area contributed by atoms with E-state index in [-0.39, 0.29) is 11.3 Å². The number of carbonyl (C=O) groups is 3. The summed E-state index contributed by atoms with van der Waals surface area (Å²) in [4.78, 5) is 48.2. The average Bonchev–Trinajstić information content (AvgIpc) is 2.73. The fourth-order valence-electron chi connectivity index (χ4n) is 2.00. The molecule has 6 N–H and O–H groups in total.